The predicted molar refractivity (Wildman–Crippen MR) is 119 cm³/mol. The molecule has 0 spiro atoms. The summed E-state index contributed by atoms with van der Waals surface area (Å²) in [6.07, 6.45) is 1.90. The third-order valence-corrected chi connectivity index (χ3v) is 6.14. The van der Waals surface area contributed by atoms with E-state index in [4.69, 9.17) is 19.7 Å². The van der Waals surface area contributed by atoms with E-state index < -0.39 is 0 Å². The van der Waals surface area contributed by atoms with Crippen LogP contribution in [0.4, 0.5) is 10.9 Å². The highest BCUT2D eigenvalue weighted by atomic mass is 32.1. The summed E-state index contributed by atoms with van der Waals surface area (Å²) in [5.74, 6) is 1.38. The van der Waals surface area contributed by atoms with Gasteiger partial charge in [-0.1, -0.05) is 0 Å². The van der Waals surface area contributed by atoms with Crippen molar-refractivity contribution in [3.05, 3.63) is 28.7 Å². The van der Waals surface area contributed by atoms with Crippen molar-refractivity contribution in [3.8, 4) is 6.07 Å². The summed E-state index contributed by atoms with van der Waals surface area (Å²) < 4.78 is 10.9. The number of piperidine rings is 1. The second-order valence-corrected chi connectivity index (χ2v) is 8.78. The molecule has 0 unspecified atom stereocenters. The van der Waals surface area contributed by atoms with Gasteiger partial charge in [0.15, 0.2) is 5.13 Å². The van der Waals surface area contributed by atoms with Gasteiger partial charge in [-0.3, -0.25) is 9.69 Å². The van der Waals surface area contributed by atoms with E-state index in [0.29, 0.717) is 49.6 Å². The first-order valence-corrected chi connectivity index (χ1v) is 11.6. The summed E-state index contributed by atoms with van der Waals surface area (Å²) in [6, 6.07) is 4.09. The van der Waals surface area contributed by atoms with Crippen molar-refractivity contribution in [1.82, 2.24) is 25.2 Å². The zero-order chi connectivity index (χ0) is 22.3. The Balaban J connectivity index is 1.37. The Morgan fingerprint density at radius 1 is 1.38 bits per heavy atom. The van der Waals surface area contributed by atoms with Gasteiger partial charge in [0.05, 0.1) is 38.5 Å². The number of thiazole rings is 1. The van der Waals surface area contributed by atoms with Crippen LogP contribution in [0.2, 0.25) is 0 Å². The maximum atomic E-state index is 12.4. The Hall–Kier alpha value is -2.65. The lowest BCUT2D eigenvalue weighted by Gasteiger charge is -2.30. The number of hydrogen-bond acceptors (Lipinski definition) is 10. The number of carbonyl (C=O) groups excluding carboxylic acids is 1. The zero-order valence-corrected chi connectivity index (χ0v) is 18.9. The van der Waals surface area contributed by atoms with Crippen LogP contribution in [0.1, 0.15) is 40.8 Å². The number of aromatic nitrogens is 3. The Kier molecular flexibility index (Phi) is 7.59. The highest BCUT2D eigenvalue weighted by Gasteiger charge is 2.24. The van der Waals surface area contributed by atoms with Crippen molar-refractivity contribution in [2.45, 2.75) is 31.8 Å². The van der Waals surface area contributed by atoms with Crippen LogP contribution in [0.3, 0.4) is 0 Å². The molecule has 2 aromatic heterocycles. The van der Waals surface area contributed by atoms with Crippen LogP contribution in [-0.2, 0) is 9.47 Å². The molecule has 10 nitrogen and oxygen atoms in total. The van der Waals surface area contributed by atoms with Crippen LogP contribution in [0.5, 0.6) is 0 Å². The molecule has 0 radical (unpaired) electrons. The average Bonchev–Trinajstić information content (AvgIpc) is 3.27. The fourth-order valence-corrected chi connectivity index (χ4v) is 4.54. The minimum Gasteiger partial charge on any atom is -0.376 e. The normalized spacial score (nSPS) is 21.6. The molecule has 4 heterocycles. The summed E-state index contributed by atoms with van der Waals surface area (Å²) in [4.78, 5) is 28.3. The fraction of sp³-hybridized carbons (Fsp3) is 0.571. The molecular weight excluding hydrogens is 430 g/mol. The van der Waals surface area contributed by atoms with Gasteiger partial charge in [0, 0.05) is 36.1 Å². The summed E-state index contributed by atoms with van der Waals surface area (Å²) in [5, 5.41) is 17.3. The topological polar surface area (TPSA) is 125 Å². The average molecular weight is 458 g/mol. The SMILES string of the molecule is Cc1cc(Nc2nc(C(=O)NC[C@@H]3COCCO3)cs2)nc([C@H]2CCCN(CC#N)C2)n1. The molecule has 0 saturated carbocycles. The molecule has 1 amide bonds. The van der Waals surface area contributed by atoms with E-state index in [-0.39, 0.29) is 17.9 Å². The Bertz CT molecular complexity index is 971. The number of anilines is 2. The predicted octanol–water partition coefficient (Wildman–Crippen LogP) is 1.83. The summed E-state index contributed by atoms with van der Waals surface area (Å²) >= 11 is 1.34. The number of nitrogens with zero attached hydrogens (tertiary/aromatic N) is 5. The number of rotatable bonds is 7. The van der Waals surface area contributed by atoms with Crippen molar-refractivity contribution in [3.63, 3.8) is 0 Å². The quantitative estimate of drug-likeness (QED) is 0.599. The van der Waals surface area contributed by atoms with Gasteiger partial charge in [0.25, 0.3) is 5.91 Å². The van der Waals surface area contributed by atoms with Crippen LogP contribution < -0.4 is 10.6 Å². The van der Waals surface area contributed by atoms with Crippen LogP contribution >= 0.6 is 11.3 Å². The number of likely N-dealkylation sites (tertiary alicyclic amines) is 1. The Labute approximate surface area is 191 Å². The van der Waals surface area contributed by atoms with E-state index >= 15 is 0 Å². The van der Waals surface area contributed by atoms with Gasteiger partial charge in [0.1, 0.15) is 17.3 Å². The van der Waals surface area contributed by atoms with Crippen molar-refractivity contribution >= 4 is 28.2 Å². The molecule has 2 aliphatic heterocycles. The molecule has 0 aliphatic carbocycles. The lowest BCUT2D eigenvalue weighted by molar-refractivity contribution is -0.0855. The fourth-order valence-electron chi connectivity index (χ4n) is 3.84. The first-order valence-electron chi connectivity index (χ1n) is 10.8. The maximum absolute atomic E-state index is 12.4. The number of nitrogens with one attached hydrogen (secondary N) is 2. The maximum Gasteiger partial charge on any atom is 0.270 e. The van der Waals surface area contributed by atoms with E-state index in [1.54, 1.807) is 5.38 Å². The monoisotopic (exact) mass is 457 g/mol. The number of nitriles is 1. The highest BCUT2D eigenvalue weighted by molar-refractivity contribution is 7.14. The molecule has 2 fully saturated rings. The molecule has 0 aromatic carbocycles. The molecule has 2 saturated heterocycles. The molecule has 2 atom stereocenters. The van der Waals surface area contributed by atoms with E-state index in [1.807, 2.05) is 13.0 Å². The first-order chi connectivity index (χ1) is 15.6. The second kappa shape index (κ2) is 10.8. The van der Waals surface area contributed by atoms with Crippen molar-refractivity contribution in [2.24, 2.45) is 0 Å². The standard InChI is InChI=1S/C21H27N7O3S/c1-14-9-18(26-19(24-14)15-3-2-5-28(11-15)6-4-22)27-21-25-17(13-32-21)20(29)23-10-16-12-30-7-8-31-16/h9,13,15-16H,2-3,5-8,10-12H2,1H3,(H,23,29)(H,24,25,26,27)/t15-,16+/m0/s1. The second-order valence-electron chi connectivity index (χ2n) is 7.93. The lowest BCUT2D eigenvalue weighted by Crippen LogP contribution is -2.39. The molecule has 32 heavy (non-hydrogen) atoms. The number of ether oxygens (including phenoxy) is 2. The summed E-state index contributed by atoms with van der Waals surface area (Å²) in [6.45, 7) is 6.09. The molecule has 2 N–H and O–H groups in total. The zero-order valence-electron chi connectivity index (χ0n) is 18.0. The van der Waals surface area contributed by atoms with Gasteiger partial charge in [0.2, 0.25) is 0 Å². The largest absolute Gasteiger partial charge is 0.376 e. The first kappa shape index (κ1) is 22.5. The third kappa shape index (κ3) is 5.98. The van der Waals surface area contributed by atoms with Crippen LogP contribution in [0.25, 0.3) is 0 Å². The van der Waals surface area contributed by atoms with Crippen LogP contribution in [0.15, 0.2) is 11.4 Å². The molecule has 170 valence electrons. The number of hydrogen-bond donors (Lipinski definition) is 2. The Morgan fingerprint density at radius 3 is 3.09 bits per heavy atom. The number of amides is 1. The third-order valence-electron chi connectivity index (χ3n) is 5.38. The van der Waals surface area contributed by atoms with E-state index in [0.717, 1.165) is 37.4 Å². The summed E-state index contributed by atoms with van der Waals surface area (Å²) in [7, 11) is 0. The van der Waals surface area contributed by atoms with Gasteiger partial charge in [-0.15, -0.1) is 11.3 Å². The van der Waals surface area contributed by atoms with E-state index in [1.165, 1.54) is 11.3 Å². The van der Waals surface area contributed by atoms with Gasteiger partial charge in [-0.05, 0) is 26.3 Å². The molecule has 2 aliphatic rings. The van der Waals surface area contributed by atoms with Crippen molar-refractivity contribution in [2.75, 3.05) is 51.3 Å². The van der Waals surface area contributed by atoms with E-state index in [9.17, 15) is 4.79 Å². The minimum absolute atomic E-state index is 0.129. The molecule has 0 bridgehead atoms. The van der Waals surface area contributed by atoms with Gasteiger partial charge >= 0.3 is 0 Å². The molecule has 2 aromatic rings. The van der Waals surface area contributed by atoms with Gasteiger partial charge in [-0.25, -0.2) is 15.0 Å². The Morgan fingerprint density at radius 2 is 2.28 bits per heavy atom. The minimum atomic E-state index is -0.247. The number of aryl methyl sites for hydroxylation is 1. The molecule has 11 heteroatoms. The van der Waals surface area contributed by atoms with Crippen molar-refractivity contribution in [1.29, 1.82) is 5.26 Å². The number of carbonyl (C=O) groups is 1. The van der Waals surface area contributed by atoms with Crippen LogP contribution in [0, 0.1) is 18.3 Å². The molecule has 4 rings (SSSR count). The molecular formula is C21H27N7O3S. The van der Waals surface area contributed by atoms with Gasteiger partial charge < -0.3 is 20.1 Å². The van der Waals surface area contributed by atoms with Crippen LogP contribution in [-0.4, -0.2) is 77.9 Å². The highest BCUT2D eigenvalue weighted by Crippen LogP contribution is 2.27. The van der Waals surface area contributed by atoms with Gasteiger partial charge in [-0.2, -0.15) is 5.26 Å². The lowest BCUT2D eigenvalue weighted by atomic mass is 9.97. The summed E-state index contributed by atoms with van der Waals surface area (Å²) in [5.41, 5.74) is 1.21. The van der Waals surface area contributed by atoms with E-state index in [2.05, 4.69) is 31.6 Å². The smallest absolute Gasteiger partial charge is 0.270 e. The van der Waals surface area contributed by atoms with Crippen molar-refractivity contribution < 1.29 is 14.3 Å².